The Balaban J connectivity index is 1.52. The van der Waals surface area contributed by atoms with Crippen molar-refractivity contribution in [3.05, 3.63) is 23.8 Å². The number of ether oxygens (including phenoxy) is 2. The highest BCUT2D eigenvalue weighted by Crippen LogP contribution is 2.60. The highest BCUT2D eigenvalue weighted by molar-refractivity contribution is 6.72. The number of methoxy groups -OCH3 is 1. The fourth-order valence-corrected chi connectivity index (χ4v) is 10.3. The second-order valence-corrected chi connectivity index (χ2v) is 16.7. The van der Waals surface area contributed by atoms with Gasteiger partial charge in [0.05, 0.1) is 44.5 Å². The number of esters is 1. The van der Waals surface area contributed by atoms with Crippen LogP contribution in [0.2, 0.25) is 18.6 Å². The normalized spacial score (nSPS) is 28.7. The van der Waals surface area contributed by atoms with Gasteiger partial charge in [-0.15, -0.1) is 0 Å². The van der Waals surface area contributed by atoms with Gasteiger partial charge in [-0.05, 0) is 57.0 Å². The topological polar surface area (TPSA) is 129 Å². The maximum atomic E-state index is 16.2. The number of carbonyl (C=O) groups excluding carboxylic acids is 4. The number of hydrogen-bond acceptors (Lipinski definition) is 8. The number of benzene rings is 1. The summed E-state index contributed by atoms with van der Waals surface area (Å²) in [5.74, 6) is -1.50. The molecule has 13 heteroatoms. The number of anilines is 2. The van der Waals surface area contributed by atoms with Crippen molar-refractivity contribution in [1.82, 2.24) is 10.2 Å². The lowest BCUT2D eigenvalue weighted by atomic mass is 9.82. The van der Waals surface area contributed by atoms with Crippen LogP contribution in [0.25, 0.3) is 0 Å². The molecular weight excluding hydrogens is 587 g/mol. The van der Waals surface area contributed by atoms with Gasteiger partial charge in [0.2, 0.25) is 20.2 Å². The zero-order valence-electron chi connectivity index (χ0n) is 26.1. The van der Waals surface area contributed by atoms with Gasteiger partial charge in [0, 0.05) is 55.3 Å². The molecule has 5 rings (SSSR count). The molecule has 4 aliphatic rings. The van der Waals surface area contributed by atoms with Crippen LogP contribution < -0.4 is 15.1 Å². The molecule has 0 unspecified atom stereocenters. The molecule has 3 fully saturated rings. The van der Waals surface area contributed by atoms with Crippen LogP contribution in [-0.4, -0.2) is 101 Å². The van der Waals surface area contributed by atoms with E-state index in [1.165, 1.54) is 7.11 Å². The molecule has 44 heavy (non-hydrogen) atoms. The van der Waals surface area contributed by atoms with Crippen molar-refractivity contribution in [2.45, 2.75) is 81.8 Å². The quantitative estimate of drug-likeness (QED) is 0.174. The second-order valence-electron chi connectivity index (χ2n) is 13.0. The third kappa shape index (κ3) is 5.79. The summed E-state index contributed by atoms with van der Waals surface area (Å²) >= 11 is 0. The first-order valence-corrected chi connectivity index (χ1v) is 18.7. The second kappa shape index (κ2) is 12.9. The lowest BCUT2D eigenvalue weighted by Gasteiger charge is -2.32. The number of piperazine rings is 1. The van der Waals surface area contributed by atoms with Gasteiger partial charge in [-0.1, -0.05) is 6.92 Å². The number of rotatable bonds is 10. The van der Waals surface area contributed by atoms with E-state index in [1.54, 1.807) is 27.8 Å². The van der Waals surface area contributed by atoms with Gasteiger partial charge in [-0.25, -0.2) is 0 Å². The van der Waals surface area contributed by atoms with Crippen LogP contribution in [0.15, 0.2) is 18.2 Å². The van der Waals surface area contributed by atoms with E-state index in [4.69, 9.17) is 9.47 Å². The van der Waals surface area contributed by atoms with E-state index in [0.717, 1.165) is 6.42 Å². The van der Waals surface area contributed by atoms with Gasteiger partial charge in [0.1, 0.15) is 0 Å². The molecule has 2 N–H and O–H groups in total. The molecular formula is C31H45FN4O7Si. The Morgan fingerprint density at radius 3 is 2.68 bits per heavy atom. The molecule has 11 nitrogen and oxygen atoms in total. The minimum atomic E-state index is -3.49. The summed E-state index contributed by atoms with van der Waals surface area (Å²) in [5, 5.41) is 12.9. The number of likely N-dealkylation sites (tertiary alicyclic amines) is 1. The highest BCUT2D eigenvalue weighted by Gasteiger charge is 2.67. The molecule has 5 atom stereocenters. The van der Waals surface area contributed by atoms with Crippen LogP contribution in [0.1, 0.15) is 51.0 Å². The predicted octanol–water partition coefficient (Wildman–Crippen LogP) is 2.46. The monoisotopic (exact) mass is 632 g/mol. The van der Waals surface area contributed by atoms with Crippen LogP contribution in [0.3, 0.4) is 0 Å². The Hall–Kier alpha value is -2.87. The number of halogens is 1. The molecule has 4 heterocycles. The highest BCUT2D eigenvalue weighted by atomic mass is 28.4. The maximum Gasteiger partial charge on any atom is 0.305 e. The summed E-state index contributed by atoms with van der Waals surface area (Å²) in [7, 11) is -2.15. The number of amides is 3. The van der Waals surface area contributed by atoms with Crippen molar-refractivity contribution in [2.24, 2.45) is 5.92 Å². The minimum absolute atomic E-state index is 0.0781. The van der Waals surface area contributed by atoms with E-state index in [2.05, 4.69) is 5.32 Å². The number of nitrogens with one attached hydrogen (secondary N) is 1. The summed E-state index contributed by atoms with van der Waals surface area (Å²) in [6, 6.07) is 5.21. The van der Waals surface area contributed by atoms with Crippen LogP contribution in [-0.2, 0) is 34.3 Å². The fraction of sp³-hybridized carbons (Fsp3) is 0.677. The maximum absolute atomic E-state index is 16.2. The van der Waals surface area contributed by atoms with Crippen molar-refractivity contribution < 1.29 is 37.9 Å². The van der Waals surface area contributed by atoms with Gasteiger partial charge in [0.25, 0.3) is 5.91 Å². The van der Waals surface area contributed by atoms with Gasteiger partial charge in [0.15, 0.2) is 5.60 Å². The van der Waals surface area contributed by atoms with Crippen LogP contribution in [0.4, 0.5) is 15.5 Å². The Bertz CT molecular complexity index is 1290. The molecule has 4 aliphatic heterocycles. The third-order valence-electron chi connectivity index (χ3n) is 9.87. The van der Waals surface area contributed by atoms with Crippen molar-refractivity contribution in [1.29, 1.82) is 0 Å². The molecule has 1 aromatic carbocycles. The molecule has 3 saturated heterocycles. The average Bonchev–Trinajstić information content (AvgIpc) is 3.65. The van der Waals surface area contributed by atoms with E-state index in [-0.39, 0.29) is 55.7 Å². The Morgan fingerprint density at radius 2 is 2.00 bits per heavy atom. The Kier molecular flexibility index (Phi) is 9.50. The number of hydrogen-bond donors (Lipinski definition) is 2. The van der Waals surface area contributed by atoms with Crippen molar-refractivity contribution >= 4 is 43.5 Å². The summed E-state index contributed by atoms with van der Waals surface area (Å²) in [5.41, 5.74) is -0.323. The number of fused-ring (bicyclic) bond motifs is 2. The molecule has 242 valence electrons. The van der Waals surface area contributed by atoms with E-state index < -0.39 is 31.6 Å². The zero-order chi connectivity index (χ0) is 31.8. The number of unbranched alkanes of at least 4 members (excludes halogenated alkanes) is 1. The number of carbonyl (C=O) groups is 4. The molecule has 3 amide bonds. The number of aliphatic hydroxyl groups is 1. The molecule has 0 bridgehead atoms. The largest absolute Gasteiger partial charge is 0.469 e. The molecule has 0 aromatic heterocycles. The minimum Gasteiger partial charge on any atom is -0.469 e. The number of aliphatic hydroxyl groups excluding tert-OH is 1. The van der Waals surface area contributed by atoms with E-state index in [1.807, 2.05) is 25.1 Å². The summed E-state index contributed by atoms with van der Waals surface area (Å²) in [6.45, 7) is 7.08. The summed E-state index contributed by atoms with van der Waals surface area (Å²) in [4.78, 5) is 57.6. The number of nitrogens with zero attached hydrogens (tertiary/aromatic N) is 3. The molecule has 0 aliphatic carbocycles. The SMILES string of the molecule is COC(=O)CCCCN1C(=O)[C@]2(O[C@H](CC(=O)N3CCC[C@H]3CO)[C@@H]([Si](C)(C)F)[C@@H]2C)c2cc(N3CCNCC3=O)ccc21. The molecule has 1 spiro atoms. The Morgan fingerprint density at radius 1 is 1.23 bits per heavy atom. The molecule has 0 radical (unpaired) electrons. The van der Waals surface area contributed by atoms with Crippen molar-refractivity contribution in [3.63, 3.8) is 0 Å². The smallest absolute Gasteiger partial charge is 0.305 e. The predicted molar refractivity (Wildman–Crippen MR) is 164 cm³/mol. The van der Waals surface area contributed by atoms with Crippen LogP contribution in [0.5, 0.6) is 0 Å². The van der Waals surface area contributed by atoms with E-state index >= 15 is 4.11 Å². The fourth-order valence-electron chi connectivity index (χ4n) is 7.79. The van der Waals surface area contributed by atoms with Crippen LogP contribution >= 0.6 is 0 Å². The molecule has 0 saturated carbocycles. The van der Waals surface area contributed by atoms with Gasteiger partial charge in [-0.3, -0.25) is 19.2 Å². The van der Waals surface area contributed by atoms with Crippen molar-refractivity contribution in [2.75, 3.05) is 56.2 Å². The standard InChI is InChI=1S/C31H45FN4O7Si/c1-20-29(44(3,4)32)25(17-26(38)34-14-7-8-22(34)19-37)43-31(20)23-16-21(35-15-12-33-18-27(35)39)10-11-24(23)36(30(31)41)13-6-5-9-28(40)42-2/h10-11,16,20,22,25,29,33,37H,5-9,12-15,17-19H2,1-4H3/t20-,22-,25+,29-,31+/m0/s1. The van der Waals surface area contributed by atoms with Gasteiger partial charge < -0.3 is 38.7 Å². The molecule has 1 aromatic rings. The Labute approximate surface area is 259 Å². The first kappa shape index (κ1) is 32.5. The van der Waals surface area contributed by atoms with Gasteiger partial charge in [-0.2, -0.15) is 0 Å². The lowest BCUT2D eigenvalue weighted by molar-refractivity contribution is -0.150. The van der Waals surface area contributed by atoms with Crippen molar-refractivity contribution in [3.8, 4) is 0 Å². The average molecular weight is 633 g/mol. The first-order valence-electron chi connectivity index (χ1n) is 15.8. The summed E-state index contributed by atoms with van der Waals surface area (Å²) in [6.07, 6.45) is 1.89. The van der Waals surface area contributed by atoms with E-state index in [0.29, 0.717) is 62.4 Å². The van der Waals surface area contributed by atoms with E-state index in [9.17, 15) is 24.3 Å². The lowest BCUT2D eigenvalue weighted by Crippen LogP contribution is -2.48. The summed E-state index contributed by atoms with van der Waals surface area (Å²) < 4.78 is 27.8. The van der Waals surface area contributed by atoms with Crippen LogP contribution in [0, 0.1) is 5.92 Å². The third-order valence-corrected chi connectivity index (χ3v) is 12.3. The first-order chi connectivity index (χ1) is 20.9. The zero-order valence-corrected chi connectivity index (χ0v) is 27.1. The van der Waals surface area contributed by atoms with Gasteiger partial charge >= 0.3 is 5.97 Å².